The van der Waals surface area contributed by atoms with Gasteiger partial charge in [-0.1, -0.05) is 55.5 Å². The van der Waals surface area contributed by atoms with Gasteiger partial charge in [-0.2, -0.15) is 0 Å². The number of allylic oxidation sites excluding steroid dienone is 1. The first kappa shape index (κ1) is 17.5. The van der Waals surface area contributed by atoms with Gasteiger partial charge in [0.2, 0.25) is 5.91 Å². The van der Waals surface area contributed by atoms with Crippen LogP contribution in [0.25, 0.3) is 0 Å². The van der Waals surface area contributed by atoms with Crippen molar-refractivity contribution in [2.75, 3.05) is 0 Å². The predicted octanol–water partition coefficient (Wildman–Crippen LogP) is 5.50. The molecule has 0 unspecified atom stereocenters. The van der Waals surface area contributed by atoms with Crippen LogP contribution in [0.15, 0.2) is 65.2 Å². The number of nitrogens with zero attached hydrogens (tertiary/aromatic N) is 1. The Hall–Kier alpha value is -1.94. The molecule has 1 amide bonds. The second-order valence-electron chi connectivity index (χ2n) is 7.31. The highest BCUT2D eigenvalue weighted by Gasteiger charge is 2.50. The Morgan fingerprint density at radius 3 is 2.69 bits per heavy atom. The molecule has 134 valence electrons. The van der Waals surface area contributed by atoms with Crippen LogP contribution in [0.1, 0.15) is 30.5 Å². The fourth-order valence-corrected chi connectivity index (χ4v) is 4.79. The molecule has 1 fully saturated rings. The lowest BCUT2D eigenvalue weighted by atomic mass is 9.75. The van der Waals surface area contributed by atoms with E-state index in [1.807, 2.05) is 47.4 Å². The van der Waals surface area contributed by atoms with E-state index in [0.717, 1.165) is 17.5 Å². The summed E-state index contributed by atoms with van der Waals surface area (Å²) < 4.78 is 14.2. The van der Waals surface area contributed by atoms with Crippen molar-refractivity contribution in [1.82, 2.24) is 4.90 Å². The smallest absolute Gasteiger partial charge is 0.227 e. The SMILES string of the molecule is C[C@@H]1CC=C[C@H]2[C@H]1C(=O)N(Cc1ccccc1)[C@H]2c1ccc(F)c(Br)c1. The molecule has 2 aliphatic rings. The Morgan fingerprint density at radius 1 is 1.19 bits per heavy atom. The summed E-state index contributed by atoms with van der Waals surface area (Å²) in [6.07, 6.45) is 5.32. The molecule has 1 aliphatic heterocycles. The van der Waals surface area contributed by atoms with E-state index in [2.05, 4.69) is 35.0 Å². The zero-order chi connectivity index (χ0) is 18.3. The number of fused-ring (bicyclic) bond motifs is 1. The van der Waals surface area contributed by atoms with Crippen LogP contribution < -0.4 is 0 Å². The molecule has 0 radical (unpaired) electrons. The Labute approximate surface area is 161 Å². The standard InChI is InChI=1S/C22H21BrFNO/c1-14-6-5-9-17-20(14)22(26)25(13-15-7-3-2-4-8-15)21(17)16-10-11-19(24)18(23)12-16/h2-5,7-12,14,17,20-21H,6,13H2,1H3/t14-,17+,20+,21+/m1/s1. The van der Waals surface area contributed by atoms with E-state index in [9.17, 15) is 9.18 Å². The highest BCUT2D eigenvalue weighted by molar-refractivity contribution is 9.10. The van der Waals surface area contributed by atoms with Gasteiger partial charge >= 0.3 is 0 Å². The third-order valence-electron chi connectivity index (χ3n) is 5.64. The Bertz CT molecular complexity index is 850. The van der Waals surface area contributed by atoms with Gasteiger partial charge in [0.15, 0.2) is 0 Å². The maximum Gasteiger partial charge on any atom is 0.227 e. The molecule has 1 aliphatic carbocycles. The predicted molar refractivity (Wildman–Crippen MR) is 104 cm³/mol. The van der Waals surface area contributed by atoms with Crippen LogP contribution in [-0.4, -0.2) is 10.8 Å². The van der Waals surface area contributed by atoms with Gasteiger partial charge in [-0.05, 0) is 51.5 Å². The number of hydrogen-bond donors (Lipinski definition) is 0. The summed E-state index contributed by atoms with van der Waals surface area (Å²) in [5.74, 6) is 0.382. The van der Waals surface area contributed by atoms with Crippen molar-refractivity contribution in [3.05, 3.63) is 82.1 Å². The van der Waals surface area contributed by atoms with Gasteiger partial charge in [-0.25, -0.2) is 4.39 Å². The molecule has 4 heteroatoms. The maximum atomic E-state index is 13.8. The lowest BCUT2D eigenvalue weighted by Crippen LogP contribution is -2.30. The molecule has 4 rings (SSSR count). The van der Waals surface area contributed by atoms with Gasteiger partial charge in [0.25, 0.3) is 0 Å². The minimum absolute atomic E-state index is 0.00228. The normalized spacial score (nSPS) is 27.7. The average Bonchev–Trinajstić information content (AvgIpc) is 2.92. The van der Waals surface area contributed by atoms with Crippen molar-refractivity contribution < 1.29 is 9.18 Å². The van der Waals surface area contributed by atoms with Crippen LogP contribution in [-0.2, 0) is 11.3 Å². The van der Waals surface area contributed by atoms with Crippen LogP contribution in [0.2, 0.25) is 0 Å². The quantitative estimate of drug-likeness (QED) is 0.608. The molecule has 0 bridgehead atoms. The molecule has 2 aromatic carbocycles. The average molecular weight is 414 g/mol. The van der Waals surface area contributed by atoms with E-state index in [1.54, 1.807) is 0 Å². The van der Waals surface area contributed by atoms with Crippen LogP contribution in [0.5, 0.6) is 0 Å². The zero-order valence-corrected chi connectivity index (χ0v) is 16.2. The van der Waals surface area contributed by atoms with E-state index >= 15 is 0 Å². The summed E-state index contributed by atoms with van der Waals surface area (Å²) >= 11 is 3.30. The highest BCUT2D eigenvalue weighted by Crippen LogP contribution is 2.49. The van der Waals surface area contributed by atoms with Crippen molar-refractivity contribution in [3.63, 3.8) is 0 Å². The van der Waals surface area contributed by atoms with E-state index in [-0.39, 0.29) is 29.6 Å². The van der Waals surface area contributed by atoms with Gasteiger partial charge in [-0.15, -0.1) is 0 Å². The molecule has 4 atom stereocenters. The molecule has 0 N–H and O–H groups in total. The maximum absolute atomic E-state index is 13.8. The van der Waals surface area contributed by atoms with E-state index in [4.69, 9.17) is 0 Å². The molecule has 2 aromatic rings. The number of amides is 1. The zero-order valence-electron chi connectivity index (χ0n) is 14.6. The van der Waals surface area contributed by atoms with Gasteiger partial charge in [0, 0.05) is 18.4 Å². The van der Waals surface area contributed by atoms with Crippen molar-refractivity contribution in [3.8, 4) is 0 Å². The molecule has 0 saturated carbocycles. The van der Waals surface area contributed by atoms with Crippen LogP contribution >= 0.6 is 15.9 Å². The van der Waals surface area contributed by atoms with Gasteiger partial charge in [-0.3, -0.25) is 4.79 Å². The third-order valence-corrected chi connectivity index (χ3v) is 6.25. The van der Waals surface area contributed by atoms with Crippen molar-refractivity contribution in [1.29, 1.82) is 0 Å². The van der Waals surface area contributed by atoms with E-state index < -0.39 is 0 Å². The van der Waals surface area contributed by atoms with Crippen LogP contribution in [0.4, 0.5) is 4.39 Å². The minimum atomic E-state index is -0.281. The Balaban J connectivity index is 1.77. The number of rotatable bonds is 3. The fraction of sp³-hybridized carbons (Fsp3) is 0.318. The number of carbonyl (C=O) groups is 1. The number of halogens is 2. The number of benzene rings is 2. The summed E-state index contributed by atoms with van der Waals surface area (Å²) in [6, 6.07) is 15.1. The lowest BCUT2D eigenvalue weighted by molar-refractivity contribution is -0.134. The largest absolute Gasteiger partial charge is 0.330 e. The summed E-state index contributed by atoms with van der Waals surface area (Å²) in [5.41, 5.74) is 2.09. The van der Waals surface area contributed by atoms with Gasteiger partial charge in [0.1, 0.15) is 5.82 Å². The minimum Gasteiger partial charge on any atom is -0.330 e. The van der Waals surface area contributed by atoms with Crippen molar-refractivity contribution in [2.24, 2.45) is 17.8 Å². The van der Waals surface area contributed by atoms with E-state index in [0.29, 0.717) is 16.9 Å². The molecule has 0 spiro atoms. The molecule has 26 heavy (non-hydrogen) atoms. The van der Waals surface area contributed by atoms with E-state index in [1.165, 1.54) is 6.07 Å². The molecule has 2 nitrogen and oxygen atoms in total. The molecule has 1 heterocycles. The topological polar surface area (TPSA) is 20.3 Å². The molecule has 1 saturated heterocycles. The van der Waals surface area contributed by atoms with Gasteiger partial charge in [0.05, 0.1) is 10.5 Å². The van der Waals surface area contributed by atoms with Crippen LogP contribution in [0, 0.1) is 23.6 Å². The van der Waals surface area contributed by atoms with Crippen molar-refractivity contribution >= 4 is 21.8 Å². The summed E-state index contributed by atoms with van der Waals surface area (Å²) in [5, 5.41) is 0. The molecule has 0 aromatic heterocycles. The first-order valence-electron chi connectivity index (χ1n) is 9.02. The highest BCUT2D eigenvalue weighted by atomic mass is 79.9. The number of hydrogen-bond acceptors (Lipinski definition) is 1. The monoisotopic (exact) mass is 413 g/mol. The van der Waals surface area contributed by atoms with Crippen LogP contribution in [0.3, 0.4) is 0 Å². The molecular weight excluding hydrogens is 393 g/mol. The third kappa shape index (κ3) is 3.01. The lowest BCUT2D eigenvalue weighted by Gasteiger charge is -2.29. The number of likely N-dealkylation sites (tertiary alicyclic amines) is 1. The van der Waals surface area contributed by atoms with Gasteiger partial charge < -0.3 is 4.90 Å². The summed E-state index contributed by atoms with van der Waals surface area (Å²) in [6.45, 7) is 2.73. The Morgan fingerprint density at radius 2 is 1.96 bits per heavy atom. The fourth-order valence-electron chi connectivity index (χ4n) is 4.40. The Kier molecular flexibility index (Phi) is 4.70. The summed E-state index contributed by atoms with van der Waals surface area (Å²) in [7, 11) is 0. The van der Waals surface area contributed by atoms with Crippen molar-refractivity contribution in [2.45, 2.75) is 25.9 Å². The first-order chi connectivity index (χ1) is 12.6. The second kappa shape index (κ2) is 6.99. The number of carbonyl (C=O) groups excluding carboxylic acids is 1. The molecular formula is C22H21BrFNO. The summed E-state index contributed by atoms with van der Waals surface area (Å²) in [4.78, 5) is 15.3. The second-order valence-corrected chi connectivity index (χ2v) is 8.17. The first-order valence-corrected chi connectivity index (χ1v) is 9.81.